The van der Waals surface area contributed by atoms with E-state index in [1.54, 1.807) is 0 Å². The lowest BCUT2D eigenvalue weighted by atomic mass is 9.77. The molecule has 1 aliphatic carbocycles. The van der Waals surface area contributed by atoms with Crippen LogP contribution in [0, 0.1) is 13.8 Å². The molecule has 218 valence electrons. The molecule has 0 saturated carbocycles. The summed E-state index contributed by atoms with van der Waals surface area (Å²) < 4.78 is 0. The summed E-state index contributed by atoms with van der Waals surface area (Å²) in [4.78, 5) is 2.39. The van der Waals surface area contributed by atoms with E-state index in [-0.39, 0.29) is 5.41 Å². The average molecular weight is 580 g/mol. The van der Waals surface area contributed by atoms with Gasteiger partial charge in [0.05, 0.1) is 0 Å². The van der Waals surface area contributed by atoms with Crippen molar-refractivity contribution in [2.45, 2.75) is 40.0 Å². The molecule has 0 aromatic heterocycles. The molecular formula is C44H37N. The molecule has 0 atom stereocenters. The van der Waals surface area contributed by atoms with Crippen LogP contribution in [-0.2, 0) is 5.41 Å². The van der Waals surface area contributed by atoms with Crippen molar-refractivity contribution in [2.24, 2.45) is 0 Å². The summed E-state index contributed by atoms with van der Waals surface area (Å²) in [6, 6.07) is 49.8. The van der Waals surface area contributed by atoms with Gasteiger partial charge in [-0.25, -0.2) is 0 Å². The molecule has 7 aromatic carbocycles. The fourth-order valence-electron chi connectivity index (χ4n) is 6.78. The lowest BCUT2D eigenvalue weighted by molar-refractivity contribution is 0.590. The highest BCUT2D eigenvalue weighted by molar-refractivity contribution is 6.12. The maximum absolute atomic E-state index is 2.39. The van der Waals surface area contributed by atoms with E-state index in [1.165, 1.54) is 88.7 Å². The highest BCUT2D eigenvalue weighted by Gasteiger charge is 2.24. The van der Waals surface area contributed by atoms with E-state index in [2.05, 4.69) is 173 Å². The summed E-state index contributed by atoms with van der Waals surface area (Å²) in [7, 11) is 0. The van der Waals surface area contributed by atoms with Gasteiger partial charge in [0.2, 0.25) is 0 Å². The Balaban J connectivity index is 1.21. The van der Waals surface area contributed by atoms with E-state index in [9.17, 15) is 0 Å². The van der Waals surface area contributed by atoms with E-state index in [4.69, 9.17) is 0 Å². The summed E-state index contributed by atoms with van der Waals surface area (Å²) in [5, 5.41) is 5.10. The molecule has 0 aliphatic heterocycles. The van der Waals surface area contributed by atoms with Crippen molar-refractivity contribution in [3.63, 3.8) is 0 Å². The zero-order chi connectivity index (χ0) is 30.9. The fraction of sp³-hybridized carbons (Fsp3) is 0.136. The largest absolute Gasteiger partial charge is 0.310 e. The van der Waals surface area contributed by atoms with Crippen LogP contribution in [-0.4, -0.2) is 0 Å². The minimum Gasteiger partial charge on any atom is -0.310 e. The standard InChI is InChI=1S/C44H37N/c1-28-11-17-38(21-29(28)2)45(37-19-15-36(16-20-37)44(3,4)5)39-18-14-33-25-41-42-26-34-22-31(30-9-7-6-8-10-30)12-13-32(34)24-40(42)43(41)27-35(33)23-39/h6-27H,1-5H3. The zero-order valence-corrected chi connectivity index (χ0v) is 26.6. The Labute approximate surface area is 266 Å². The molecule has 45 heavy (non-hydrogen) atoms. The third kappa shape index (κ3) is 4.71. The van der Waals surface area contributed by atoms with Crippen molar-refractivity contribution in [1.29, 1.82) is 0 Å². The molecule has 1 aliphatic rings. The molecule has 0 N–H and O–H groups in total. The van der Waals surface area contributed by atoms with Gasteiger partial charge in [-0.3, -0.25) is 0 Å². The molecule has 0 spiro atoms. The second-order valence-corrected chi connectivity index (χ2v) is 13.7. The van der Waals surface area contributed by atoms with E-state index in [0.29, 0.717) is 0 Å². The minimum atomic E-state index is 0.112. The molecule has 0 bridgehead atoms. The first-order valence-corrected chi connectivity index (χ1v) is 15.9. The van der Waals surface area contributed by atoms with Gasteiger partial charge in [-0.05, 0) is 158 Å². The highest BCUT2D eigenvalue weighted by Crippen LogP contribution is 2.51. The molecule has 0 amide bonds. The monoisotopic (exact) mass is 579 g/mol. The van der Waals surface area contributed by atoms with Gasteiger partial charge in [-0.1, -0.05) is 87.5 Å². The minimum absolute atomic E-state index is 0.112. The van der Waals surface area contributed by atoms with Gasteiger partial charge in [-0.15, -0.1) is 0 Å². The number of fused-ring (bicyclic) bond motifs is 6. The van der Waals surface area contributed by atoms with Crippen molar-refractivity contribution >= 4 is 38.6 Å². The molecule has 1 heteroatoms. The lowest BCUT2D eigenvalue weighted by Gasteiger charge is -2.29. The van der Waals surface area contributed by atoms with Crippen LogP contribution >= 0.6 is 0 Å². The van der Waals surface area contributed by atoms with E-state index in [1.807, 2.05) is 0 Å². The molecule has 0 saturated heterocycles. The number of rotatable bonds is 4. The number of nitrogens with zero attached hydrogens (tertiary/aromatic N) is 1. The Morgan fingerprint density at radius 3 is 1.56 bits per heavy atom. The van der Waals surface area contributed by atoms with Gasteiger partial charge in [0.25, 0.3) is 0 Å². The average Bonchev–Trinajstić information content (AvgIpc) is 3.05. The third-order valence-electron chi connectivity index (χ3n) is 9.62. The maximum atomic E-state index is 2.39. The smallest absolute Gasteiger partial charge is 0.0468 e. The van der Waals surface area contributed by atoms with Gasteiger partial charge < -0.3 is 4.90 Å². The summed E-state index contributed by atoms with van der Waals surface area (Å²) in [5.74, 6) is 0. The molecule has 0 fully saturated rings. The Hall–Kier alpha value is -5.14. The van der Waals surface area contributed by atoms with Gasteiger partial charge in [0, 0.05) is 17.1 Å². The van der Waals surface area contributed by atoms with Crippen LogP contribution in [0.15, 0.2) is 133 Å². The van der Waals surface area contributed by atoms with Crippen LogP contribution in [0.5, 0.6) is 0 Å². The first-order chi connectivity index (χ1) is 21.7. The number of anilines is 3. The normalized spacial score (nSPS) is 12.1. The van der Waals surface area contributed by atoms with Crippen molar-refractivity contribution in [3.8, 4) is 33.4 Å². The number of benzene rings is 7. The van der Waals surface area contributed by atoms with E-state index >= 15 is 0 Å². The number of hydrogen-bond acceptors (Lipinski definition) is 1. The topological polar surface area (TPSA) is 3.24 Å². The van der Waals surface area contributed by atoms with Gasteiger partial charge in [0.15, 0.2) is 0 Å². The quantitative estimate of drug-likeness (QED) is 0.200. The Bertz CT molecular complexity index is 2250. The van der Waals surface area contributed by atoms with Crippen LogP contribution in [0.25, 0.3) is 54.9 Å². The maximum Gasteiger partial charge on any atom is 0.0468 e. The van der Waals surface area contributed by atoms with Crippen molar-refractivity contribution < 1.29 is 0 Å². The summed E-state index contributed by atoms with van der Waals surface area (Å²) in [5.41, 5.74) is 15.5. The van der Waals surface area contributed by atoms with Gasteiger partial charge in [0.1, 0.15) is 0 Å². The molecule has 0 radical (unpaired) electrons. The van der Waals surface area contributed by atoms with Crippen LogP contribution in [0.3, 0.4) is 0 Å². The van der Waals surface area contributed by atoms with Crippen molar-refractivity contribution in [1.82, 2.24) is 0 Å². The molecule has 0 heterocycles. The Morgan fingerprint density at radius 2 is 0.933 bits per heavy atom. The second kappa shape index (κ2) is 10.2. The molecule has 1 nitrogen and oxygen atoms in total. The molecule has 7 aromatic rings. The fourth-order valence-corrected chi connectivity index (χ4v) is 6.78. The van der Waals surface area contributed by atoms with Crippen LogP contribution in [0.4, 0.5) is 17.1 Å². The lowest BCUT2D eigenvalue weighted by Crippen LogP contribution is -2.13. The van der Waals surface area contributed by atoms with Crippen LogP contribution in [0.1, 0.15) is 37.5 Å². The summed E-state index contributed by atoms with van der Waals surface area (Å²) >= 11 is 0. The van der Waals surface area contributed by atoms with Gasteiger partial charge in [-0.2, -0.15) is 0 Å². The molecule has 0 unspecified atom stereocenters. The number of aryl methyl sites for hydroxylation is 2. The first kappa shape index (κ1) is 27.4. The Kier molecular flexibility index (Phi) is 6.22. The molecular weight excluding hydrogens is 542 g/mol. The predicted molar refractivity (Wildman–Crippen MR) is 194 cm³/mol. The van der Waals surface area contributed by atoms with Gasteiger partial charge >= 0.3 is 0 Å². The van der Waals surface area contributed by atoms with Crippen molar-refractivity contribution in [2.75, 3.05) is 4.90 Å². The third-order valence-corrected chi connectivity index (χ3v) is 9.62. The first-order valence-electron chi connectivity index (χ1n) is 15.9. The van der Waals surface area contributed by atoms with E-state index < -0.39 is 0 Å². The van der Waals surface area contributed by atoms with Crippen molar-refractivity contribution in [3.05, 3.63) is 150 Å². The highest BCUT2D eigenvalue weighted by atomic mass is 15.1. The Morgan fingerprint density at radius 1 is 0.400 bits per heavy atom. The summed E-state index contributed by atoms with van der Waals surface area (Å²) in [6.07, 6.45) is 0. The molecule has 8 rings (SSSR count). The van der Waals surface area contributed by atoms with Crippen LogP contribution in [0.2, 0.25) is 0 Å². The van der Waals surface area contributed by atoms with E-state index in [0.717, 1.165) is 0 Å². The predicted octanol–water partition coefficient (Wildman–Crippen LogP) is 12.7. The second-order valence-electron chi connectivity index (χ2n) is 13.7. The SMILES string of the molecule is Cc1ccc(N(c2ccc(C(C)(C)C)cc2)c2ccc3cc4c(cc3c2)-c2cc3ccc(-c5ccccc5)cc3cc2-4)cc1C. The number of hydrogen-bond donors (Lipinski definition) is 0. The summed E-state index contributed by atoms with van der Waals surface area (Å²) in [6.45, 7) is 11.2. The van der Waals surface area contributed by atoms with Crippen LogP contribution < -0.4 is 4.90 Å². The zero-order valence-electron chi connectivity index (χ0n) is 26.6.